The fraction of sp³-hybridized carbons (Fsp3) is 0.190. The summed E-state index contributed by atoms with van der Waals surface area (Å²) in [7, 11) is 0. The van der Waals surface area contributed by atoms with Crippen molar-refractivity contribution in [1.29, 1.82) is 0 Å². The molecule has 1 aliphatic rings. The molecular weight excluding hydrogens is 284 g/mol. The number of benzene rings is 2. The summed E-state index contributed by atoms with van der Waals surface area (Å²) in [5.41, 5.74) is 5.84. The van der Waals surface area contributed by atoms with Crippen molar-refractivity contribution in [2.45, 2.75) is 25.7 Å². The molecule has 0 spiro atoms. The first kappa shape index (κ1) is 13.7. The molecular formula is C21H19S+. The van der Waals surface area contributed by atoms with Gasteiger partial charge in [0, 0.05) is 22.8 Å². The Balaban J connectivity index is 1.92. The number of hydrogen-bond acceptors (Lipinski definition) is 0. The van der Waals surface area contributed by atoms with Crippen molar-refractivity contribution in [2.75, 3.05) is 0 Å². The van der Waals surface area contributed by atoms with Crippen LogP contribution in [0.5, 0.6) is 0 Å². The van der Waals surface area contributed by atoms with Gasteiger partial charge in [-0.1, -0.05) is 36.4 Å². The molecule has 0 saturated heterocycles. The van der Waals surface area contributed by atoms with Gasteiger partial charge >= 0.3 is 0 Å². The third-order valence-corrected chi connectivity index (χ3v) is 5.66. The van der Waals surface area contributed by atoms with Crippen molar-refractivity contribution in [3.05, 3.63) is 77.9 Å². The normalized spacial score (nSPS) is 13.6. The van der Waals surface area contributed by atoms with Crippen LogP contribution >= 0.6 is 11.3 Å². The largest absolute Gasteiger partial charge is 0.242 e. The zero-order valence-electron chi connectivity index (χ0n) is 12.6. The molecule has 2 aromatic carbocycles. The van der Waals surface area contributed by atoms with Crippen molar-refractivity contribution in [3.63, 3.8) is 0 Å². The molecule has 0 N–H and O–H groups in total. The lowest BCUT2D eigenvalue weighted by Gasteiger charge is -2.15. The van der Waals surface area contributed by atoms with E-state index in [0.29, 0.717) is 0 Å². The molecule has 0 saturated carbocycles. The molecule has 1 aliphatic carbocycles. The Morgan fingerprint density at radius 1 is 0.682 bits per heavy atom. The van der Waals surface area contributed by atoms with E-state index in [1.165, 1.54) is 46.6 Å². The lowest BCUT2D eigenvalue weighted by molar-refractivity contribution is 0.688. The predicted octanol–water partition coefficient (Wildman–Crippen LogP) is 6.24. The number of hydrogen-bond donors (Lipinski definition) is 0. The summed E-state index contributed by atoms with van der Waals surface area (Å²) in [6, 6.07) is 24.1. The molecule has 4 rings (SSSR count). The Bertz CT molecular complexity index is 776. The first-order valence-electron chi connectivity index (χ1n) is 8.01. The van der Waals surface area contributed by atoms with Gasteiger partial charge in [-0.3, -0.25) is 0 Å². The van der Waals surface area contributed by atoms with E-state index in [-0.39, 0.29) is 0 Å². The van der Waals surface area contributed by atoms with Crippen molar-refractivity contribution < 1.29 is 0 Å². The maximum absolute atomic E-state index is 2.43. The van der Waals surface area contributed by atoms with Crippen LogP contribution in [-0.2, 0) is 12.8 Å². The summed E-state index contributed by atoms with van der Waals surface area (Å²) in [6.45, 7) is 0. The van der Waals surface area contributed by atoms with Gasteiger partial charge in [-0.15, -0.1) is 0 Å². The molecule has 0 aliphatic heterocycles. The highest BCUT2D eigenvalue weighted by molar-refractivity contribution is 7.18. The van der Waals surface area contributed by atoms with Crippen molar-refractivity contribution in [2.24, 2.45) is 0 Å². The van der Waals surface area contributed by atoms with Crippen LogP contribution in [0.3, 0.4) is 0 Å². The maximum atomic E-state index is 2.43. The van der Waals surface area contributed by atoms with E-state index in [2.05, 4.69) is 66.7 Å². The monoisotopic (exact) mass is 303 g/mol. The summed E-state index contributed by atoms with van der Waals surface area (Å²) in [5.74, 6) is 0. The first-order valence-corrected chi connectivity index (χ1v) is 8.83. The standard InChI is InChI=1S/C21H19S/c1-3-9-16(10-4-1)20-15-18-13-7-8-14-19(18)21(22-20)17-11-5-2-6-12-17/h1-6,9-12,15H,7-8,13-14H2/q+1. The average molecular weight is 303 g/mol. The molecule has 0 nitrogen and oxygen atoms in total. The highest BCUT2D eigenvalue weighted by Gasteiger charge is 2.26. The van der Waals surface area contributed by atoms with Crippen LogP contribution in [0.25, 0.3) is 20.9 Å². The second kappa shape index (κ2) is 6.02. The van der Waals surface area contributed by atoms with Gasteiger partial charge in [0.05, 0.1) is 0 Å². The minimum Gasteiger partial charge on any atom is -0.0622 e. The molecule has 1 heteroatoms. The van der Waals surface area contributed by atoms with E-state index in [1.807, 2.05) is 11.3 Å². The van der Waals surface area contributed by atoms with Gasteiger partial charge in [-0.05, 0) is 55.5 Å². The molecule has 3 aromatic rings. The maximum Gasteiger partial charge on any atom is 0.242 e. The molecule has 22 heavy (non-hydrogen) atoms. The molecule has 1 aromatic heterocycles. The molecule has 0 atom stereocenters. The zero-order chi connectivity index (χ0) is 14.8. The average Bonchev–Trinajstić information content (AvgIpc) is 2.62. The quantitative estimate of drug-likeness (QED) is 0.491. The van der Waals surface area contributed by atoms with Gasteiger partial charge < -0.3 is 0 Å². The van der Waals surface area contributed by atoms with Crippen molar-refractivity contribution in [3.8, 4) is 20.9 Å². The van der Waals surface area contributed by atoms with Crippen molar-refractivity contribution in [1.82, 2.24) is 0 Å². The van der Waals surface area contributed by atoms with Crippen LogP contribution in [0.1, 0.15) is 24.0 Å². The smallest absolute Gasteiger partial charge is 0.0622 e. The van der Waals surface area contributed by atoms with Gasteiger partial charge in [-0.25, -0.2) is 0 Å². The van der Waals surface area contributed by atoms with E-state index in [1.54, 1.807) is 11.1 Å². The first-order chi connectivity index (χ1) is 10.9. The summed E-state index contributed by atoms with van der Waals surface area (Å²) < 4.78 is 0. The molecule has 0 unspecified atom stereocenters. The van der Waals surface area contributed by atoms with E-state index >= 15 is 0 Å². The fourth-order valence-electron chi connectivity index (χ4n) is 3.27. The molecule has 0 bridgehead atoms. The van der Waals surface area contributed by atoms with Crippen LogP contribution < -0.4 is 0 Å². The van der Waals surface area contributed by atoms with Gasteiger partial charge in [0.2, 0.25) is 21.1 Å². The van der Waals surface area contributed by atoms with Gasteiger partial charge in [-0.2, -0.15) is 0 Å². The second-order valence-corrected chi connectivity index (χ2v) is 6.93. The molecule has 0 radical (unpaired) electrons. The van der Waals surface area contributed by atoms with Gasteiger partial charge in [0.15, 0.2) is 0 Å². The van der Waals surface area contributed by atoms with Crippen LogP contribution in [-0.4, -0.2) is 0 Å². The number of aryl methyl sites for hydroxylation is 1. The minimum absolute atomic E-state index is 1.22. The minimum atomic E-state index is 1.22. The van der Waals surface area contributed by atoms with Crippen LogP contribution in [0.2, 0.25) is 0 Å². The Morgan fingerprint density at radius 2 is 1.32 bits per heavy atom. The topological polar surface area (TPSA) is 0 Å². The van der Waals surface area contributed by atoms with E-state index in [9.17, 15) is 0 Å². The molecule has 1 heterocycles. The van der Waals surface area contributed by atoms with Crippen LogP contribution in [0.15, 0.2) is 66.7 Å². The summed E-state index contributed by atoms with van der Waals surface area (Å²) in [4.78, 5) is 2.86. The molecule has 0 amide bonds. The number of fused-ring (bicyclic) bond motifs is 1. The SMILES string of the molecule is c1ccc(-c2cc3c(c(-c4ccccc4)[s+]2)CCCC3)cc1. The van der Waals surface area contributed by atoms with Crippen molar-refractivity contribution >= 4 is 11.3 Å². The Kier molecular flexibility index (Phi) is 3.74. The highest BCUT2D eigenvalue weighted by atomic mass is 32.1. The Morgan fingerprint density at radius 3 is 2.05 bits per heavy atom. The molecule has 0 fully saturated rings. The highest BCUT2D eigenvalue weighted by Crippen LogP contribution is 2.40. The summed E-state index contributed by atoms with van der Waals surface area (Å²) >= 11 is 1.94. The van der Waals surface area contributed by atoms with E-state index in [4.69, 9.17) is 0 Å². The third kappa shape index (κ3) is 2.57. The zero-order valence-corrected chi connectivity index (χ0v) is 13.4. The summed E-state index contributed by atoms with van der Waals surface area (Å²) in [5, 5.41) is 0. The Labute approximate surface area is 136 Å². The van der Waals surface area contributed by atoms with Crippen LogP contribution in [0, 0.1) is 0 Å². The third-order valence-electron chi connectivity index (χ3n) is 4.40. The van der Waals surface area contributed by atoms with Gasteiger partial charge in [0.1, 0.15) is 0 Å². The number of rotatable bonds is 2. The molecule has 108 valence electrons. The second-order valence-electron chi connectivity index (χ2n) is 5.88. The Hall–Kier alpha value is -1.99. The predicted molar refractivity (Wildman–Crippen MR) is 96.2 cm³/mol. The van der Waals surface area contributed by atoms with Gasteiger partial charge in [0.25, 0.3) is 0 Å². The van der Waals surface area contributed by atoms with E-state index < -0.39 is 0 Å². The summed E-state index contributed by atoms with van der Waals surface area (Å²) in [6.07, 6.45) is 5.10. The van der Waals surface area contributed by atoms with E-state index in [0.717, 1.165) is 0 Å². The fourth-order valence-corrected chi connectivity index (χ4v) is 4.56. The van der Waals surface area contributed by atoms with Crippen LogP contribution in [0.4, 0.5) is 0 Å². The lowest BCUT2D eigenvalue weighted by Crippen LogP contribution is -2.04. The lowest BCUT2D eigenvalue weighted by atomic mass is 9.90.